The minimum absolute atomic E-state index is 0.0185. The van der Waals surface area contributed by atoms with Crippen molar-refractivity contribution in [3.05, 3.63) is 101 Å². The summed E-state index contributed by atoms with van der Waals surface area (Å²) in [4.78, 5) is 14.3. The van der Waals surface area contributed by atoms with Gasteiger partial charge in [0.15, 0.2) is 0 Å². The van der Waals surface area contributed by atoms with Gasteiger partial charge in [-0.15, -0.1) is 26.0 Å². The van der Waals surface area contributed by atoms with Crippen LogP contribution in [0.25, 0.3) is 5.76 Å². The van der Waals surface area contributed by atoms with Gasteiger partial charge in [-0.05, 0) is 108 Å². The lowest BCUT2D eigenvalue weighted by molar-refractivity contribution is -0.0980. The van der Waals surface area contributed by atoms with Crippen molar-refractivity contribution in [2.75, 3.05) is 33.8 Å². The minimum atomic E-state index is -4.35. The number of allylic oxidation sites excluding steroid dienone is 8. The predicted octanol–water partition coefficient (Wildman–Crippen LogP) is 11.0. The van der Waals surface area contributed by atoms with E-state index in [9.17, 15) is 13.2 Å². The van der Waals surface area contributed by atoms with Crippen LogP contribution in [0.4, 0.5) is 13.2 Å². The summed E-state index contributed by atoms with van der Waals surface area (Å²) in [6.07, 6.45) is 14.5. The zero-order valence-electron chi connectivity index (χ0n) is 30.8. The first-order valence-corrected chi connectivity index (χ1v) is 15.9. The fourth-order valence-corrected chi connectivity index (χ4v) is 4.46. The summed E-state index contributed by atoms with van der Waals surface area (Å²) in [6, 6.07) is 6.61. The quantitative estimate of drug-likeness (QED) is 0.103. The van der Waals surface area contributed by atoms with Gasteiger partial charge in [0.1, 0.15) is 12.5 Å². The van der Waals surface area contributed by atoms with Crippen LogP contribution in [0.3, 0.4) is 0 Å². The van der Waals surface area contributed by atoms with Crippen LogP contribution >= 0.6 is 0 Å². The number of hydrogen-bond donors (Lipinski definition) is 0. The van der Waals surface area contributed by atoms with Crippen molar-refractivity contribution in [2.45, 2.75) is 87.2 Å². The van der Waals surface area contributed by atoms with Crippen LogP contribution in [-0.4, -0.2) is 57.4 Å². The smallest absolute Gasteiger partial charge is 0.418 e. The molecule has 0 saturated heterocycles. The molecule has 0 radical (unpaired) electrons. The number of carbonyl (C=O) groups excluding carboxylic acids is 1. The van der Waals surface area contributed by atoms with E-state index >= 15 is 0 Å². The van der Waals surface area contributed by atoms with Gasteiger partial charge in [0.05, 0.1) is 18.4 Å². The van der Waals surface area contributed by atoms with Gasteiger partial charge in [0, 0.05) is 12.6 Å². The molecule has 1 aromatic rings. The topological polar surface area (TPSA) is 41.9 Å². The van der Waals surface area contributed by atoms with E-state index in [-0.39, 0.29) is 5.71 Å². The summed E-state index contributed by atoms with van der Waals surface area (Å²) < 4.78 is 43.4. The third kappa shape index (κ3) is 20.8. The number of benzene rings is 1. The lowest BCUT2D eigenvalue weighted by Crippen LogP contribution is -2.26. The SMILES string of the molecule is C#C.C=C.C=C(C)/C=C(\OC)c1ccc(C)c(CCCN(CCC)CCC)c1.C=O.CC.CN=C1C(C(F)(F)F)=CC=CC1=C(C)C. The average molecular weight is 659 g/mol. The highest BCUT2D eigenvalue weighted by Crippen LogP contribution is 2.32. The lowest BCUT2D eigenvalue weighted by atomic mass is 9.93. The van der Waals surface area contributed by atoms with E-state index in [4.69, 9.17) is 9.53 Å². The van der Waals surface area contributed by atoms with Crippen molar-refractivity contribution >= 4 is 18.3 Å². The number of ether oxygens (including phenoxy) is 1. The number of aryl methyl sites for hydroxylation is 2. The number of hydrogen-bond acceptors (Lipinski definition) is 4. The third-order valence-corrected chi connectivity index (χ3v) is 6.33. The largest absolute Gasteiger partial charge is 0.496 e. The average Bonchev–Trinajstić information content (AvgIpc) is 3.07. The van der Waals surface area contributed by atoms with Gasteiger partial charge < -0.3 is 14.4 Å². The van der Waals surface area contributed by atoms with E-state index in [0.29, 0.717) is 5.57 Å². The second-order valence-corrected chi connectivity index (χ2v) is 10.1. The molecule has 0 amide bonds. The predicted molar refractivity (Wildman–Crippen MR) is 201 cm³/mol. The molecule has 7 heteroatoms. The van der Waals surface area contributed by atoms with E-state index in [1.807, 2.05) is 33.6 Å². The first kappa shape index (κ1) is 50.0. The Morgan fingerprint density at radius 1 is 1.02 bits per heavy atom. The molecule has 0 atom stereocenters. The van der Waals surface area contributed by atoms with Gasteiger partial charge in [-0.2, -0.15) is 13.2 Å². The maximum atomic E-state index is 12.6. The Kier molecular flexibility index (Phi) is 32.7. The fraction of sp³-hybridized carbons (Fsp3) is 0.450. The van der Waals surface area contributed by atoms with Crippen molar-refractivity contribution in [1.82, 2.24) is 4.90 Å². The molecular weight excluding hydrogens is 597 g/mol. The van der Waals surface area contributed by atoms with Crippen LogP contribution in [0.15, 0.2) is 89.5 Å². The Balaban J connectivity index is -0.000000344. The van der Waals surface area contributed by atoms with Crippen LogP contribution in [0.1, 0.15) is 84.4 Å². The Bertz CT molecular complexity index is 1170. The van der Waals surface area contributed by atoms with Crippen LogP contribution in [-0.2, 0) is 16.0 Å². The maximum absolute atomic E-state index is 12.6. The molecule has 1 aromatic carbocycles. The van der Waals surface area contributed by atoms with E-state index in [1.165, 1.54) is 63.1 Å². The Labute approximate surface area is 285 Å². The normalized spacial score (nSPS) is 12.6. The molecular formula is C40H61F3N2O2. The molecule has 0 heterocycles. The van der Waals surface area contributed by atoms with Crippen LogP contribution in [0.2, 0.25) is 0 Å². The van der Waals surface area contributed by atoms with E-state index in [2.05, 4.69) is 81.4 Å². The van der Waals surface area contributed by atoms with Crippen molar-refractivity contribution in [3.63, 3.8) is 0 Å². The van der Waals surface area contributed by atoms with E-state index < -0.39 is 11.7 Å². The highest BCUT2D eigenvalue weighted by molar-refractivity contribution is 6.16. The monoisotopic (exact) mass is 658 g/mol. The number of halogens is 3. The summed E-state index contributed by atoms with van der Waals surface area (Å²) in [5, 5.41) is 0. The molecule has 0 fully saturated rings. The van der Waals surface area contributed by atoms with Crippen molar-refractivity contribution in [3.8, 4) is 12.8 Å². The standard InChI is InChI=1S/C22H35NO.C11H12F3N.C2H6.C2H4.C2H2.CH2O/c1-7-13-23(14-8-2)15-9-10-20-17-21(12-11-19(20)5)22(24-6)16-18(3)4;1-7(2)8-5-4-6-9(10(8)15-3)11(12,13)14;4*1-2/h11-12,16-17H,3,7-10,13-15H2,1-2,4-6H3;4-6H,1-3H3;1-2H3;1-2H2;1-2H;1H2/b22-16-;;;;;. The second kappa shape index (κ2) is 30.7. The molecule has 0 aromatic heterocycles. The number of nitrogens with zero attached hydrogens (tertiary/aromatic N) is 2. The van der Waals surface area contributed by atoms with Gasteiger partial charge in [-0.25, -0.2) is 0 Å². The molecule has 0 spiro atoms. The van der Waals surface area contributed by atoms with Crippen LogP contribution in [0, 0.1) is 19.8 Å². The van der Waals surface area contributed by atoms with Gasteiger partial charge in [-0.3, -0.25) is 4.99 Å². The second-order valence-electron chi connectivity index (χ2n) is 10.1. The van der Waals surface area contributed by atoms with Gasteiger partial charge >= 0.3 is 6.18 Å². The maximum Gasteiger partial charge on any atom is 0.418 e. The van der Waals surface area contributed by atoms with Crippen molar-refractivity contribution < 1.29 is 22.7 Å². The first-order chi connectivity index (χ1) is 22.4. The van der Waals surface area contributed by atoms with E-state index in [1.54, 1.807) is 27.0 Å². The van der Waals surface area contributed by atoms with Crippen LogP contribution in [0.5, 0.6) is 0 Å². The molecule has 264 valence electrons. The Morgan fingerprint density at radius 3 is 1.96 bits per heavy atom. The highest BCUT2D eigenvalue weighted by Gasteiger charge is 2.38. The number of carbonyl (C=O) groups is 1. The molecule has 1 aliphatic rings. The summed E-state index contributed by atoms with van der Waals surface area (Å²) >= 11 is 0. The number of terminal acetylenes is 1. The first-order valence-electron chi connectivity index (χ1n) is 15.9. The van der Waals surface area contributed by atoms with Gasteiger partial charge in [-0.1, -0.05) is 69.7 Å². The molecule has 0 unspecified atom stereocenters. The molecule has 47 heavy (non-hydrogen) atoms. The lowest BCUT2D eigenvalue weighted by Gasteiger charge is -2.21. The van der Waals surface area contributed by atoms with Gasteiger partial charge in [0.2, 0.25) is 0 Å². The molecule has 0 bridgehead atoms. The molecule has 0 saturated carbocycles. The zero-order chi connectivity index (χ0) is 37.6. The molecule has 0 N–H and O–H groups in total. The van der Waals surface area contributed by atoms with Gasteiger partial charge in [0.25, 0.3) is 0 Å². The zero-order valence-corrected chi connectivity index (χ0v) is 30.8. The molecule has 0 aliphatic heterocycles. The third-order valence-electron chi connectivity index (χ3n) is 6.33. The Hall–Kier alpha value is -3.89. The number of alkyl halides is 3. The van der Waals surface area contributed by atoms with Crippen molar-refractivity contribution in [2.24, 2.45) is 4.99 Å². The molecule has 4 nitrogen and oxygen atoms in total. The number of aliphatic imine (C=N–C) groups is 1. The van der Waals surface area contributed by atoms with Crippen molar-refractivity contribution in [1.29, 1.82) is 0 Å². The molecule has 2 rings (SSSR count). The summed E-state index contributed by atoms with van der Waals surface area (Å²) in [5.74, 6) is 0.891. The number of methoxy groups -OCH3 is 1. The summed E-state index contributed by atoms with van der Waals surface area (Å²) in [7, 11) is 3.10. The molecule has 1 aliphatic carbocycles. The summed E-state index contributed by atoms with van der Waals surface area (Å²) in [5.41, 5.74) is 5.64. The van der Waals surface area contributed by atoms with E-state index in [0.717, 1.165) is 35.0 Å². The number of rotatable bonds is 11. The highest BCUT2D eigenvalue weighted by atomic mass is 19.4. The Morgan fingerprint density at radius 2 is 1.55 bits per heavy atom. The fourth-order valence-electron chi connectivity index (χ4n) is 4.46. The minimum Gasteiger partial charge on any atom is -0.496 e. The summed E-state index contributed by atoms with van der Waals surface area (Å²) in [6.45, 7) is 31.8. The van der Waals surface area contributed by atoms with Crippen LogP contribution < -0.4 is 0 Å².